The van der Waals surface area contributed by atoms with Crippen molar-refractivity contribution in [3.05, 3.63) is 78.6 Å². The zero-order chi connectivity index (χ0) is 22.5. The molecule has 31 heavy (non-hydrogen) atoms. The van der Waals surface area contributed by atoms with Crippen LogP contribution in [0.15, 0.2) is 78.0 Å². The number of nitrogens with zero attached hydrogens (tertiary/aromatic N) is 1. The molecule has 0 aliphatic carbocycles. The van der Waals surface area contributed by atoms with Gasteiger partial charge in [0.15, 0.2) is 0 Å². The number of ether oxygens (including phenoxy) is 1. The van der Waals surface area contributed by atoms with Crippen LogP contribution in [0.5, 0.6) is 5.75 Å². The van der Waals surface area contributed by atoms with Crippen LogP contribution < -0.4 is 10.5 Å². The van der Waals surface area contributed by atoms with Gasteiger partial charge in [0.05, 0.1) is 18.4 Å². The summed E-state index contributed by atoms with van der Waals surface area (Å²) in [4.78, 5) is 12.9. The van der Waals surface area contributed by atoms with Crippen molar-refractivity contribution < 1.29 is 23.1 Å². The SMILES string of the molecule is COc1ccc(-c2ccc(S(=O)(=O)C(N)(CC#Cc3cccnc3)C(=O)O)cc2)cc1. The molecule has 0 bridgehead atoms. The fourth-order valence-electron chi connectivity index (χ4n) is 2.82. The molecule has 3 N–H and O–H groups in total. The number of hydrogen-bond donors (Lipinski definition) is 2. The number of rotatable bonds is 6. The minimum atomic E-state index is -4.42. The summed E-state index contributed by atoms with van der Waals surface area (Å²) in [6.45, 7) is 0. The summed E-state index contributed by atoms with van der Waals surface area (Å²) in [5.74, 6) is 4.27. The number of carboxylic acids is 1. The third-order valence-electron chi connectivity index (χ3n) is 4.67. The van der Waals surface area contributed by atoms with Crippen molar-refractivity contribution in [1.29, 1.82) is 0 Å². The van der Waals surface area contributed by atoms with E-state index in [2.05, 4.69) is 16.8 Å². The highest BCUT2D eigenvalue weighted by molar-refractivity contribution is 7.93. The summed E-state index contributed by atoms with van der Waals surface area (Å²) >= 11 is 0. The Morgan fingerprint density at radius 2 is 1.71 bits per heavy atom. The van der Waals surface area contributed by atoms with Crippen LogP contribution in [0.1, 0.15) is 12.0 Å². The number of aromatic nitrogens is 1. The van der Waals surface area contributed by atoms with E-state index in [-0.39, 0.29) is 4.90 Å². The lowest BCUT2D eigenvalue weighted by Crippen LogP contribution is -2.54. The molecule has 1 aromatic heterocycles. The van der Waals surface area contributed by atoms with Gasteiger partial charge in [-0.25, -0.2) is 13.2 Å². The Balaban J connectivity index is 1.89. The quantitative estimate of drug-likeness (QED) is 0.570. The van der Waals surface area contributed by atoms with Gasteiger partial charge in [0.2, 0.25) is 14.7 Å². The third kappa shape index (κ3) is 4.58. The molecule has 0 saturated carbocycles. The van der Waals surface area contributed by atoms with Gasteiger partial charge in [-0.2, -0.15) is 0 Å². The van der Waals surface area contributed by atoms with Crippen molar-refractivity contribution in [2.45, 2.75) is 16.2 Å². The van der Waals surface area contributed by atoms with E-state index in [1.54, 1.807) is 49.7 Å². The first kappa shape index (κ1) is 22.0. The Morgan fingerprint density at radius 3 is 2.23 bits per heavy atom. The second-order valence-corrected chi connectivity index (χ2v) is 8.88. The summed E-state index contributed by atoms with van der Waals surface area (Å²) in [6, 6.07) is 16.5. The Hall–Kier alpha value is -3.67. The van der Waals surface area contributed by atoms with Gasteiger partial charge in [-0.3, -0.25) is 4.98 Å². The Labute approximate surface area is 180 Å². The number of carboxylic acid groups (broad SMARTS) is 1. The maximum atomic E-state index is 13.1. The maximum absolute atomic E-state index is 13.1. The maximum Gasteiger partial charge on any atom is 0.340 e. The smallest absolute Gasteiger partial charge is 0.340 e. The predicted octanol–water partition coefficient (Wildman–Crippen LogP) is 2.71. The fourth-order valence-corrected chi connectivity index (χ4v) is 4.23. The number of methoxy groups -OCH3 is 1. The van der Waals surface area contributed by atoms with Crippen LogP contribution in [-0.2, 0) is 14.6 Å². The summed E-state index contributed by atoms with van der Waals surface area (Å²) in [7, 11) is -2.86. The molecule has 3 aromatic rings. The first-order chi connectivity index (χ1) is 14.8. The van der Waals surface area contributed by atoms with Crippen molar-refractivity contribution in [2.75, 3.05) is 7.11 Å². The number of benzene rings is 2. The zero-order valence-electron chi connectivity index (χ0n) is 16.6. The molecule has 0 fully saturated rings. The van der Waals surface area contributed by atoms with Gasteiger partial charge in [-0.05, 0) is 47.5 Å². The number of carbonyl (C=O) groups is 1. The van der Waals surface area contributed by atoms with Crippen molar-refractivity contribution in [3.63, 3.8) is 0 Å². The molecule has 0 amide bonds. The van der Waals surface area contributed by atoms with E-state index < -0.39 is 27.1 Å². The van der Waals surface area contributed by atoms with Gasteiger partial charge in [-0.15, -0.1) is 0 Å². The van der Waals surface area contributed by atoms with Gasteiger partial charge in [0.1, 0.15) is 5.75 Å². The molecule has 2 aromatic carbocycles. The Bertz CT molecular complexity index is 1230. The van der Waals surface area contributed by atoms with E-state index in [9.17, 15) is 18.3 Å². The number of aliphatic carboxylic acids is 1. The minimum Gasteiger partial charge on any atom is -0.497 e. The average Bonchev–Trinajstić information content (AvgIpc) is 2.79. The normalized spacial score (nSPS) is 12.8. The van der Waals surface area contributed by atoms with Crippen molar-refractivity contribution in [3.8, 4) is 28.7 Å². The zero-order valence-corrected chi connectivity index (χ0v) is 17.5. The van der Waals surface area contributed by atoms with E-state index in [4.69, 9.17) is 10.5 Å². The van der Waals surface area contributed by atoms with Crippen molar-refractivity contribution in [2.24, 2.45) is 5.73 Å². The number of nitrogens with two attached hydrogens (primary N) is 1. The highest BCUT2D eigenvalue weighted by Crippen LogP contribution is 2.28. The predicted molar refractivity (Wildman–Crippen MR) is 116 cm³/mol. The van der Waals surface area contributed by atoms with Crippen molar-refractivity contribution in [1.82, 2.24) is 4.98 Å². The van der Waals surface area contributed by atoms with E-state index >= 15 is 0 Å². The molecule has 0 saturated heterocycles. The molecule has 0 spiro atoms. The summed E-state index contributed by atoms with van der Waals surface area (Å²) < 4.78 is 31.3. The summed E-state index contributed by atoms with van der Waals surface area (Å²) in [5, 5.41) is 9.61. The lowest BCUT2D eigenvalue weighted by Gasteiger charge is -2.22. The molecule has 0 aliphatic heterocycles. The van der Waals surface area contributed by atoms with Crippen molar-refractivity contribution >= 4 is 15.8 Å². The molecular formula is C23H20N2O5S. The topological polar surface area (TPSA) is 120 Å². The van der Waals surface area contributed by atoms with Gasteiger partial charge in [-0.1, -0.05) is 36.1 Å². The lowest BCUT2D eigenvalue weighted by molar-refractivity contribution is -0.139. The molecule has 158 valence electrons. The van der Waals surface area contributed by atoms with Gasteiger partial charge in [0.25, 0.3) is 0 Å². The van der Waals surface area contributed by atoms with Gasteiger partial charge < -0.3 is 15.6 Å². The highest BCUT2D eigenvalue weighted by atomic mass is 32.2. The summed E-state index contributed by atoms with van der Waals surface area (Å²) in [5.41, 5.74) is 8.01. The van der Waals surface area contributed by atoms with E-state index in [1.807, 2.05) is 12.1 Å². The number of sulfone groups is 1. The van der Waals surface area contributed by atoms with Gasteiger partial charge >= 0.3 is 5.97 Å². The van der Waals surface area contributed by atoms with E-state index in [1.165, 1.54) is 18.3 Å². The van der Waals surface area contributed by atoms with Crippen LogP contribution in [0.4, 0.5) is 0 Å². The Kier molecular flexibility index (Phi) is 6.39. The van der Waals surface area contributed by atoms with E-state index in [0.717, 1.165) is 11.1 Å². The van der Waals surface area contributed by atoms with Crippen LogP contribution >= 0.6 is 0 Å². The first-order valence-electron chi connectivity index (χ1n) is 9.18. The lowest BCUT2D eigenvalue weighted by atomic mass is 10.1. The molecule has 8 heteroatoms. The Morgan fingerprint density at radius 1 is 1.10 bits per heavy atom. The van der Waals surface area contributed by atoms with Crippen LogP contribution in [0.3, 0.4) is 0 Å². The van der Waals surface area contributed by atoms with Crippen LogP contribution in [0.25, 0.3) is 11.1 Å². The largest absolute Gasteiger partial charge is 0.497 e. The highest BCUT2D eigenvalue weighted by Gasteiger charge is 2.48. The average molecular weight is 436 g/mol. The molecule has 0 aliphatic rings. The monoisotopic (exact) mass is 436 g/mol. The molecule has 0 radical (unpaired) electrons. The second-order valence-electron chi connectivity index (χ2n) is 6.67. The van der Waals surface area contributed by atoms with Crippen LogP contribution in [-0.4, -0.2) is 36.5 Å². The van der Waals surface area contributed by atoms with Crippen LogP contribution in [0, 0.1) is 11.8 Å². The molecule has 3 rings (SSSR count). The standard InChI is InChI=1S/C23H20N2O5S/c1-30-20-10-6-18(7-11-20)19-8-12-21(13-9-19)31(28,29)23(24,22(26)27)14-2-4-17-5-3-15-25-16-17/h3,5-13,15-16H,14,24H2,1H3,(H,26,27). The molecule has 7 nitrogen and oxygen atoms in total. The molecule has 1 heterocycles. The van der Waals surface area contributed by atoms with E-state index in [0.29, 0.717) is 11.3 Å². The number of hydrogen-bond acceptors (Lipinski definition) is 6. The summed E-state index contributed by atoms with van der Waals surface area (Å²) in [6.07, 6.45) is 2.47. The van der Waals surface area contributed by atoms with Gasteiger partial charge in [0, 0.05) is 18.0 Å². The number of pyridine rings is 1. The molecule has 1 atom stereocenters. The first-order valence-corrected chi connectivity index (χ1v) is 10.7. The minimum absolute atomic E-state index is 0.196. The second kappa shape index (κ2) is 9.00. The van der Waals surface area contributed by atoms with Crippen LogP contribution in [0.2, 0.25) is 0 Å². The third-order valence-corrected chi connectivity index (χ3v) is 6.85. The molecule has 1 unspecified atom stereocenters. The molecular weight excluding hydrogens is 416 g/mol. The fraction of sp³-hybridized carbons (Fsp3) is 0.130.